The minimum absolute atomic E-state index is 0.279. The lowest BCUT2D eigenvalue weighted by atomic mass is 9.84. The fraction of sp³-hybridized carbons (Fsp3) is 1.00. The molecule has 18 heavy (non-hydrogen) atoms. The van der Waals surface area contributed by atoms with Crippen LogP contribution >= 0.6 is 11.6 Å². The molecule has 1 aliphatic rings. The van der Waals surface area contributed by atoms with E-state index < -0.39 is 10.0 Å². The fourth-order valence-corrected chi connectivity index (χ4v) is 3.79. The van der Waals surface area contributed by atoms with Crippen molar-refractivity contribution >= 4 is 21.6 Å². The normalized spacial score (nSPS) is 17.1. The molecular formula is C12H24ClNO3S. The first kappa shape index (κ1) is 16.2. The number of ether oxygens (including phenoxy) is 1. The van der Waals surface area contributed by atoms with E-state index in [2.05, 4.69) is 0 Å². The third-order valence-electron chi connectivity index (χ3n) is 3.46. The van der Waals surface area contributed by atoms with Crippen molar-refractivity contribution in [2.45, 2.75) is 32.6 Å². The Labute approximate surface area is 116 Å². The first-order valence-corrected chi connectivity index (χ1v) is 8.86. The lowest BCUT2D eigenvalue weighted by Crippen LogP contribution is -2.36. The molecule has 0 spiro atoms. The molecule has 1 rings (SSSR count). The second-order valence-corrected chi connectivity index (χ2v) is 7.16. The van der Waals surface area contributed by atoms with E-state index in [4.69, 9.17) is 16.3 Å². The Balaban J connectivity index is 2.30. The molecular weight excluding hydrogens is 274 g/mol. The quantitative estimate of drug-likeness (QED) is 0.458. The van der Waals surface area contributed by atoms with E-state index in [-0.39, 0.29) is 5.75 Å². The van der Waals surface area contributed by atoms with Gasteiger partial charge in [-0.25, -0.2) is 8.42 Å². The first-order chi connectivity index (χ1) is 8.60. The van der Waals surface area contributed by atoms with Crippen molar-refractivity contribution in [2.24, 2.45) is 5.92 Å². The molecule has 108 valence electrons. The number of rotatable bonds is 10. The zero-order valence-electron chi connectivity index (χ0n) is 11.1. The second kappa shape index (κ2) is 8.35. The molecule has 0 aromatic heterocycles. The molecule has 0 amide bonds. The maximum Gasteiger partial charge on any atom is 0.214 e. The molecule has 0 unspecified atom stereocenters. The molecule has 0 N–H and O–H groups in total. The van der Waals surface area contributed by atoms with Gasteiger partial charge in [-0.2, -0.15) is 4.31 Å². The molecule has 0 saturated heterocycles. The number of sulfonamides is 1. The zero-order chi connectivity index (χ0) is 13.4. The maximum absolute atomic E-state index is 12.1. The van der Waals surface area contributed by atoms with Gasteiger partial charge in [0, 0.05) is 19.0 Å². The largest absolute Gasteiger partial charge is 0.379 e. The monoisotopic (exact) mass is 297 g/mol. The van der Waals surface area contributed by atoms with E-state index >= 15 is 0 Å². The van der Waals surface area contributed by atoms with Crippen LogP contribution in [0, 0.1) is 5.92 Å². The van der Waals surface area contributed by atoms with Crippen LogP contribution < -0.4 is 0 Å². The third-order valence-corrected chi connectivity index (χ3v) is 5.59. The van der Waals surface area contributed by atoms with Crippen LogP contribution in [0.2, 0.25) is 0 Å². The third kappa shape index (κ3) is 5.43. The summed E-state index contributed by atoms with van der Waals surface area (Å²) in [5.41, 5.74) is 0. The molecule has 0 aromatic carbocycles. The van der Waals surface area contributed by atoms with E-state index in [1.54, 1.807) is 0 Å². The van der Waals surface area contributed by atoms with Gasteiger partial charge in [-0.15, -0.1) is 11.6 Å². The van der Waals surface area contributed by atoms with E-state index in [1.165, 1.54) is 23.6 Å². The van der Waals surface area contributed by atoms with Gasteiger partial charge in [0.05, 0.1) is 19.0 Å². The van der Waals surface area contributed by atoms with Crippen molar-refractivity contribution in [3.8, 4) is 0 Å². The van der Waals surface area contributed by atoms with E-state index in [0.29, 0.717) is 38.1 Å². The minimum atomic E-state index is -3.11. The average Bonchev–Trinajstić information content (AvgIpc) is 2.26. The number of nitrogens with zero attached hydrogens (tertiary/aromatic N) is 1. The van der Waals surface area contributed by atoms with Crippen molar-refractivity contribution in [1.29, 1.82) is 0 Å². The summed E-state index contributed by atoms with van der Waals surface area (Å²) in [6, 6.07) is 0. The number of likely N-dealkylation sites (N-methyl/N-ethyl adjacent to an activating group) is 1. The van der Waals surface area contributed by atoms with Crippen molar-refractivity contribution in [2.75, 3.05) is 37.9 Å². The van der Waals surface area contributed by atoms with Crippen LogP contribution in [-0.2, 0) is 14.8 Å². The topological polar surface area (TPSA) is 46.6 Å². The fourth-order valence-electron chi connectivity index (χ4n) is 2.04. The minimum Gasteiger partial charge on any atom is -0.379 e. The van der Waals surface area contributed by atoms with Crippen molar-refractivity contribution in [1.82, 2.24) is 4.31 Å². The molecule has 6 heteroatoms. The highest BCUT2D eigenvalue weighted by atomic mass is 35.5. The van der Waals surface area contributed by atoms with Crippen LogP contribution in [0.1, 0.15) is 32.6 Å². The second-order valence-electron chi connectivity index (χ2n) is 4.69. The predicted molar refractivity (Wildman–Crippen MR) is 74.5 cm³/mol. The maximum atomic E-state index is 12.1. The van der Waals surface area contributed by atoms with Crippen molar-refractivity contribution < 1.29 is 13.2 Å². The highest BCUT2D eigenvalue weighted by molar-refractivity contribution is 7.89. The Kier molecular flexibility index (Phi) is 7.53. The molecule has 0 atom stereocenters. The molecule has 0 aliphatic heterocycles. The molecule has 0 aromatic rings. The summed E-state index contributed by atoms with van der Waals surface area (Å²) in [4.78, 5) is 0. The summed E-state index contributed by atoms with van der Waals surface area (Å²) in [7, 11) is -3.11. The van der Waals surface area contributed by atoms with Crippen LogP contribution in [0.15, 0.2) is 0 Å². The Morgan fingerprint density at radius 1 is 1.33 bits per heavy atom. The molecule has 0 bridgehead atoms. The number of halogens is 1. The predicted octanol–water partition coefficient (Wildman–Crippen LogP) is 2.08. The molecule has 0 heterocycles. The van der Waals surface area contributed by atoms with Crippen LogP contribution in [0.25, 0.3) is 0 Å². The summed E-state index contributed by atoms with van der Waals surface area (Å²) in [5.74, 6) is 1.35. The summed E-state index contributed by atoms with van der Waals surface area (Å²) in [5, 5.41) is 0. The van der Waals surface area contributed by atoms with Gasteiger partial charge in [0.1, 0.15) is 0 Å². The zero-order valence-corrected chi connectivity index (χ0v) is 12.7. The SMILES string of the molecule is CCN(CCOCCCl)S(=O)(=O)CCC1CCC1. The standard InChI is InChI=1S/C12H24ClNO3S/c1-2-14(8-10-17-9-7-13)18(15,16)11-6-12-4-3-5-12/h12H,2-11H2,1H3. The molecule has 1 saturated carbocycles. The molecule has 0 radical (unpaired) electrons. The van der Waals surface area contributed by atoms with Crippen LogP contribution in [0.4, 0.5) is 0 Å². The van der Waals surface area contributed by atoms with Gasteiger partial charge >= 0.3 is 0 Å². The summed E-state index contributed by atoms with van der Waals surface area (Å²) in [6.07, 6.45) is 4.46. The highest BCUT2D eigenvalue weighted by Gasteiger charge is 2.24. The summed E-state index contributed by atoms with van der Waals surface area (Å²) < 4.78 is 31.0. The van der Waals surface area contributed by atoms with Gasteiger partial charge in [0.2, 0.25) is 10.0 Å². The Hall–Kier alpha value is 0.160. The number of hydrogen-bond acceptors (Lipinski definition) is 3. The molecule has 1 fully saturated rings. The van der Waals surface area contributed by atoms with Crippen LogP contribution in [-0.4, -0.2) is 50.7 Å². The van der Waals surface area contributed by atoms with Gasteiger partial charge in [0.15, 0.2) is 0 Å². The van der Waals surface area contributed by atoms with Gasteiger partial charge in [-0.05, 0) is 12.3 Å². The van der Waals surface area contributed by atoms with Crippen molar-refractivity contribution in [3.05, 3.63) is 0 Å². The molecule has 4 nitrogen and oxygen atoms in total. The number of alkyl halides is 1. The van der Waals surface area contributed by atoms with Gasteiger partial charge in [-0.1, -0.05) is 26.2 Å². The number of hydrogen-bond donors (Lipinski definition) is 0. The highest BCUT2D eigenvalue weighted by Crippen LogP contribution is 2.29. The Morgan fingerprint density at radius 2 is 2.06 bits per heavy atom. The van der Waals surface area contributed by atoms with E-state index in [9.17, 15) is 8.42 Å². The van der Waals surface area contributed by atoms with Gasteiger partial charge < -0.3 is 4.74 Å². The summed E-state index contributed by atoms with van der Waals surface area (Å²) in [6.45, 7) is 3.70. The Morgan fingerprint density at radius 3 is 2.56 bits per heavy atom. The van der Waals surface area contributed by atoms with Crippen LogP contribution in [0.3, 0.4) is 0 Å². The van der Waals surface area contributed by atoms with E-state index in [1.807, 2.05) is 6.92 Å². The average molecular weight is 298 g/mol. The Bertz CT molecular complexity index is 317. The summed E-state index contributed by atoms with van der Waals surface area (Å²) >= 11 is 5.49. The van der Waals surface area contributed by atoms with Crippen molar-refractivity contribution in [3.63, 3.8) is 0 Å². The van der Waals surface area contributed by atoms with Gasteiger partial charge in [-0.3, -0.25) is 0 Å². The smallest absolute Gasteiger partial charge is 0.214 e. The van der Waals surface area contributed by atoms with Crippen LogP contribution in [0.5, 0.6) is 0 Å². The lowest BCUT2D eigenvalue weighted by molar-refractivity contribution is 0.137. The first-order valence-electron chi connectivity index (χ1n) is 6.71. The lowest BCUT2D eigenvalue weighted by Gasteiger charge is -2.27. The van der Waals surface area contributed by atoms with E-state index in [0.717, 1.165) is 6.42 Å². The molecule has 1 aliphatic carbocycles. The van der Waals surface area contributed by atoms with Gasteiger partial charge in [0.25, 0.3) is 0 Å².